The van der Waals surface area contributed by atoms with Gasteiger partial charge in [-0.05, 0) is 41.7 Å². The predicted octanol–water partition coefficient (Wildman–Crippen LogP) is 6.20. The largest absolute Gasteiger partial charge is 0.392 e. The number of fused-ring (bicyclic) bond motifs is 1. The van der Waals surface area contributed by atoms with E-state index < -0.39 is 6.29 Å². The highest BCUT2D eigenvalue weighted by molar-refractivity contribution is 6.21. The Morgan fingerprint density at radius 3 is 2.09 bits per heavy atom. The Morgan fingerprint density at radius 1 is 0.884 bits per heavy atom. The van der Waals surface area contributed by atoms with Crippen molar-refractivity contribution in [1.82, 2.24) is 9.80 Å². The van der Waals surface area contributed by atoms with Crippen molar-refractivity contribution >= 4 is 11.8 Å². The molecule has 1 aliphatic carbocycles. The van der Waals surface area contributed by atoms with Crippen LogP contribution in [-0.2, 0) is 22.6 Å². The lowest BCUT2D eigenvalue weighted by molar-refractivity contribution is -0.276. The molecule has 7 heteroatoms. The van der Waals surface area contributed by atoms with E-state index in [1.165, 1.54) is 30.6 Å². The highest BCUT2D eigenvalue weighted by atomic mass is 16.7. The fourth-order valence-electron chi connectivity index (χ4n) is 6.71. The first kappa shape index (κ1) is 29.5. The Hall–Kier alpha value is -3.62. The van der Waals surface area contributed by atoms with Crippen LogP contribution in [0.4, 0.5) is 0 Å². The van der Waals surface area contributed by atoms with Crippen LogP contribution in [0.2, 0.25) is 0 Å². The number of amides is 2. The molecule has 4 atom stereocenters. The van der Waals surface area contributed by atoms with Gasteiger partial charge in [0.25, 0.3) is 11.8 Å². The molecule has 0 bridgehead atoms. The molecule has 2 amide bonds. The van der Waals surface area contributed by atoms with Crippen molar-refractivity contribution in [2.24, 2.45) is 5.92 Å². The van der Waals surface area contributed by atoms with Gasteiger partial charge in [-0.25, -0.2) is 0 Å². The fourth-order valence-corrected chi connectivity index (χ4v) is 6.71. The maximum absolute atomic E-state index is 12.9. The summed E-state index contributed by atoms with van der Waals surface area (Å²) in [5.41, 5.74) is 4.57. The molecule has 0 spiro atoms. The summed E-state index contributed by atoms with van der Waals surface area (Å²) >= 11 is 0. The topological polar surface area (TPSA) is 79.3 Å². The molecule has 43 heavy (non-hydrogen) atoms. The number of benzene rings is 3. The van der Waals surface area contributed by atoms with E-state index in [1.807, 2.05) is 54.6 Å². The maximum Gasteiger partial charge on any atom is 0.261 e. The minimum Gasteiger partial charge on any atom is -0.392 e. The second-order valence-electron chi connectivity index (χ2n) is 12.0. The molecule has 0 unspecified atom stereocenters. The van der Waals surface area contributed by atoms with E-state index in [1.54, 1.807) is 24.3 Å². The van der Waals surface area contributed by atoms with Crippen LogP contribution in [0.5, 0.6) is 0 Å². The van der Waals surface area contributed by atoms with E-state index in [9.17, 15) is 14.7 Å². The van der Waals surface area contributed by atoms with Crippen molar-refractivity contribution in [3.05, 3.63) is 119 Å². The van der Waals surface area contributed by atoms with E-state index in [0.717, 1.165) is 35.3 Å². The van der Waals surface area contributed by atoms with Crippen molar-refractivity contribution in [3.63, 3.8) is 0 Å². The molecule has 7 nitrogen and oxygen atoms in total. The van der Waals surface area contributed by atoms with E-state index >= 15 is 0 Å². The minimum atomic E-state index is -0.578. The zero-order valence-corrected chi connectivity index (χ0v) is 24.7. The Bertz CT molecular complexity index is 1410. The van der Waals surface area contributed by atoms with Crippen LogP contribution < -0.4 is 0 Å². The van der Waals surface area contributed by atoms with Crippen molar-refractivity contribution in [3.8, 4) is 0 Å². The number of rotatable bonds is 10. The standard InChI is InChI=1S/C36H40N2O5/c1-3-20-37(29-8-4-5-9-29)22-32-24(2)33(27-16-14-26(23-39)15-17-27)43-36(42-32)28-18-12-25(13-19-28)21-38-34(40)30-10-6-7-11-31(30)35(38)41/h3,6-7,10-19,24,29,32-33,36,39H,1,4-5,8-9,20-23H2,2H3/t24-,32+,33+,36+/m1/s1. The number of nitrogens with zero attached hydrogens (tertiary/aromatic N) is 2. The summed E-state index contributed by atoms with van der Waals surface area (Å²) in [4.78, 5) is 29.6. The Balaban J connectivity index is 1.22. The average molecular weight is 581 g/mol. The third-order valence-corrected chi connectivity index (χ3v) is 9.21. The average Bonchev–Trinajstić information content (AvgIpc) is 3.66. The summed E-state index contributed by atoms with van der Waals surface area (Å²) in [5.74, 6) is -0.429. The highest BCUT2D eigenvalue weighted by Crippen LogP contribution is 2.42. The van der Waals surface area contributed by atoms with Gasteiger partial charge in [0.2, 0.25) is 0 Å². The van der Waals surface area contributed by atoms with E-state index in [4.69, 9.17) is 9.47 Å². The first-order chi connectivity index (χ1) is 21.0. The molecule has 2 aliphatic heterocycles. The third kappa shape index (κ3) is 6.08. The monoisotopic (exact) mass is 580 g/mol. The predicted molar refractivity (Wildman–Crippen MR) is 164 cm³/mol. The van der Waals surface area contributed by atoms with Gasteiger partial charge >= 0.3 is 0 Å². The van der Waals surface area contributed by atoms with Crippen LogP contribution in [0, 0.1) is 5.92 Å². The molecule has 1 N–H and O–H groups in total. The van der Waals surface area contributed by atoms with E-state index in [2.05, 4.69) is 18.4 Å². The minimum absolute atomic E-state index is 0.000675. The van der Waals surface area contributed by atoms with Gasteiger partial charge < -0.3 is 14.6 Å². The van der Waals surface area contributed by atoms with Crippen LogP contribution >= 0.6 is 0 Å². The van der Waals surface area contributed by atoms with Crippen LogP contribution in [0.25, 0.3) is 0 Å². The van der Waals surface area contributed by atoms with Crippen molar-refractivity contribution in [2.45, 2.75) is 70.3 Å². The first-order valence-electron chi connectivity index (χ1n) is 15.4. The molecule has 2 heterocycles. The molecule has 224 valence electrons. The molecule has 0 aromatic heterocycles. The SMILES string of the molecule is C=CCN(C[C@@H]1O[C@H](c2ccc(CN3C(=O)c4ccccc4C3=O)cc2)O[C@H](c2ccc(CO)cc2)[C@@H]1C)C1CCCC1. The van der Waals surface area contributed by atoms with Gasteiger partial charge in [-0.1, -0.05) is 86.5 Å². The molecule has 3 aliphatic rings. The summed E-state index contributed by atoms with van der Waals surface area (Å²) in [6, 6.07) is 23.3. The van der Waals surface area contributed by atoms with Gasteiger partial charge in [0, 0.05) is 30.6 Å². The van der Waals surface area contributed by atoms with E-state index in [-0.39, 0.29) is 43.1 Å². The lowest BCUT2D eigenvalue weighted by Gasteiger charge is -2.43. The second-order valence-corrected chi connectivity index (χ2v) is 12.0. The summed E-state index contributed by atoms with van der Waals surface area (Å²) < 4.78 is 13.4. The summed E-state index contributed by atoms with van der Waals surface area (Å²) in [6.07, 6.45) is 6.08. The number of imide groups is 1. The summed E-state index contributed by atoms with van der Waals surface area (Å²) in [5, 5.41) is 9.56. The maximum atomic E-state index is 12.9. The van der Waals surface area contributed by atoms with Crippen LogP contribution in [0.3, 0.4) is 0 Å². The summed E-state index contributed by atoms with van der Waals surface area (Å²) in [6.45, 7) is 8.03. The van der Waals surface area contributed by atoms with E-state index in [0.29, 0.717) is 17.2 Å². The Kier molecular flexibility index (Phi) is 8.86. The third-order valence-electron chi connectivity index (χ3n) is 9.21. The number of carbonyl (C=O) groups excluding carboxylic acids is 2. The normalized spacial score (nSPS) is 24.1. The molecule has 3 aromatic rings. The van der Waals surface area contributed by atoms with Crippen LogP contribution in [0.1, 0.15) is 88.0 Å². The van der Waals surface area contributed by atoms with Crippen molar-refractivity contribution in [2.75, 3.05) is 13.1 Å². The number of aliphatic hydroxyl groups excluding tert-OH is 1. The van der Waals surface area contributed by atoms with Crippen LogP contribution in [-0.4, -0.2) is 52.0 Å². The zero-order chi connectivity index (χ0) is 29.9. The van der Waals surface area contributed by atoms with Gasteiger partial charge in [-0.15, -0.1) is 6.58 Å². The molecule has 0 radical (unpaired) electrons. The number of aliphatic hydroxyl groups is 1. The number of hydrogen-bond acceptors (Lipinski definition) is 6. The molecule has 3 aromatic carbocycles. The lowest BCUT2D eigenvalue weighted by atomic mass is 9.89. The smallest absolute Gasteiger partial charge is 0.261 e. The van der Waals surface area contributed by atoms with Gasteiger partial charge in [-0.3, -0.25) is 19.4 Å². The fraction of sp³-hybridized carbons (Fsp3) is 0.389. The number of ether oxygens (including phenoxy) is 2. The molecular formula is C36H40N2O5. The molecule has 1 saturated heterocycles. The highest BCUT2D eigenvalue weighted by Gasteiger charge is 2.40. The lowest BCUT2D eigenvalue weighted by Crippen LogP contribution is -2.47. The van der Waals surface area contributed by atoms with Gasteiger partial charge in [0.1, 0.15) is 0 Å². The Morgan fingerprint density at radius 2 is 1.49 bits per heavy atom. The second kappa shape index (κ2) is 12.9. The zero-order valence-electron chi connectivity index (χ0n) is 24.7. The first-order valence-corrected chi connectivity index (χ1v) is 15.4. The van der Waals surface area contributed by atoms with Crippen molar-refractivity contribution < 1.29 is 24.2 Å². The summed E-state index contributed by atoms with van der Waals surface area (Å²) in [7, 11) is 0. The van der Waals surface area contributed by atoms with Crippen LogP contribution in [0.15, 0.2) is 85.5 Å². The Labute approximate surface area is 253 Å². The number of carbonyl (C=O) groups is 2. The quantitative estimate of drug-likeness (QED) is 0.227. The molecule has 2 fully saturated rings. The van der Waals surface area contributed by atoms with Gasteiger partial charge in [0.05, 0.1) is 36.5 Å². The molecular weight excluding hydrogens is 540 g/mol. The number of hydrogen-bond donors (Lipinski definition) is 1. The molecule has 1 saturated carbocycles. The van der Waals surface area contributed by atoms with Crippen molar-refractivity contribution in [1.29, 1.82) is 0 Å². The molecule has 6 rings (SSSR count). The van der Waals surface area contributed by atoms with Gasteiger partial charge in [0.15, 0.2) is 6.29 Å². The van der Waals surface area contributed by atoms with Gasteiger partial charge in [-0.2, -0.15) is 0 Å².